The summed E-state index contributed by atoms with van der Waals surface area (Å²) in [6, 6.07) is 22.4. The van der Waals surface area contributed by atoms with Gasteiger partial charge in [0.25, 0.3) is 5.91 Å². The molecule has 29 heavy (non-hydrogen) atoms. The largest absolute Gasteiger partial charge is 0.483 e. The van der Waals surface area contributed by atoms with Gasteiger partial charge in [-0.05, 0) is 79.3 Å². The maximum Gasteiger partial charge on any atom is 0.264 e. The SMILES string of the molecule is Cc1cc(Br)ccc1OCC(=O)NC(=S)Nc1ccc(Oc2ccccc2)cc1. The third-order valence-corrected chi connectivity index (χ3v) is 4.54. The fourth-order valence-corrected chi connectivity index (χ4v) is 3.18. The molecule has 0 bridgehead atoms. The molecular weight excluding hydrogens is 452 g/mol. The zero-order valence-electron chi connectivity index (χ0n) is 15.6. The van der Waals surface area contributed by atoms with E-state index < -0.39 is 0 Å². The lowest BCUT2D eigenvalue weighted by molar-refractivity contribution is -0.121. The first-order valence-corrected chi connectivity index (χ1v) is 10.0. The topological polar surface area (TPSA) is 59.6 Å². The quantitative estimate of drug-likeness (QED) is 0.469. The number of carbonyl (C=O) groups excluding carboxylic acids is 1. The summed E-state index contributed by atoms with van der Waals surface area (Å²) in [5.41, 5.74) is 1.67. The number of amides is 1. The summed E-state index contributed by atoms with van der Waals surface area (Å²) in [5.74, 6) is 1.78. The first-order valence-electron chi connectivity index (χ1n) is 8.82. The van der Waals surface area contributed by atoms with E-state index >= 15 is 0 Å². The van der Waals surface area contributed by atoms with Crippen LogP contribution in [-0.2, 0) is 4.79 Å². The van der Waals surface area contributed by atoms with Crippen LogP contribution >= 0.6 is 28.1 Å². The second kappa shape index (κ2) is 10.0. The van der Waals surface area contributed by atoms with Crippen LogP contribution in [0.15, 0.2) is 77.3 Å². The minimum Gasteiger partial charge on any atom is -0.483 e. The number of hydrogen-bond acceptors (Lipinski definition) is 4. The zero-order valence-corrected chi connectivity index (χ0v) is 18.0. The Hall–Kier alpha value is -2.90. The first-order chi connectivity index (χ1) is 14.0. The number of aryl methyl sites for hydroxylation is 1. The maximum absolute atomic E-state index is 12.1. The van der Waals surface area contributed by atoms with E-state index in [4.69, 9.17) is 21.7 Å². The van der Waals surface area contributed by atoms with E-state index in [2.05, 4.69) is 26.6 Å². The Morgan fingerprint density at radius 1 is 1.00 bits per heavy atom. The molecule has 0 heterocycles. The molecule has 3 aromatic carbocycles. The molecule has 3 aromatic rings. The lowest BCUT2D eigenvalue weighted by Crippen LogP contribution is -2.37. The Kier molecular flexibility index (Phi) is 7.21. The summed E-state index contributed by atoms with van der Waals surface area (Å²) in [4.78, 5) is 12.1. The monoisotopic (exact) mass is 470 g/mol. The van der Waals surface area contributed by atoms with E-state index in [1.807, 2.05) is 79.7 Å². The van der Waals surface area contributed by atoms with Crippen molar-refractivity contribution in [2.24, 2.45) is 0 Å². The van der Waals surface area contributed by atoms with Crippen molar-refractivity contribution in [3.8, 4) is 17.2 Å². The number of carbonyl (C=O) groups is 1. The fourth-order valence-electron chi connectivity index (χ4n) is 2.47. The number of ether oxygens (including phenoxy) is 2. The van der Waals surface area contributed by atoms with E-state index in [-0.39, 0.29) is 17.6 Å². The first kappa shape index (κ1) is 20.8. The van der Waals surface area contributed by atoms with Crippen molar-refractivity contribution in [2.75, 3.05) is 11.9 Å². The van der Waals surface area contributed by atoms with Crippen molar-refractivity contribution < 1.29 is 14.3 Å². The Morgan fingerprint density at radius 3 is 2.38 bits per heavy atom. The summed E-state index contributed by atoms with van der Waals surface area (Å²) in [7, 11) is 0. The molecule has 0 saturated heterocycles. The number of para-hydroxylation sites is 1. The molecule has 148 valence electrons. The smallest absolute Gasteiger partial charge is 0.264 e. The molecular formula is C22H19BrN2O3S. The molecule has 0 aliphatic carbocycles. The van der Waals surface area contributed by atoms with Crippen LogP contribution in [0.1, 0.15) is 5.56 Å². The average molecular weight is 471 g/mol. The van der Waals surface area contributed by atoms with Gasteiger partial charge in [0.15, 0.2) is 11.7 Å². The van der Waals surface area contributed by atoms with E-state index in [0.29, 0.717) is 11.5 Å². The van der Waals surface area contributed by atoms with Crippen molar-refractivity contribution in [1.82, 2.24) is 5.32 Å². The van der Waals surface area contributed by atoms with Crippen LogP contribution in [0, 0.1) is 6.92 Å². The predicted octanol–water partition coefficient (Wildman–Crippen LogP) is 5.44. The van der Waals surface area contributed by atoms with E-state index in [1.54, 1.807) is 0 Å². The Balaban J connectivity index is 1.46. The number of nitrogens with one attached hydrogen (secondary N) is 2. The highest BCUT2D eigenvalue weighted by Crippen LogP contribution is 2.23. The molecule has 0 spiro atoms. The van der Waals surface area contributed by atoms with Gasteiger partial charge in [0.2, 0.25) is 0 Å². The second-order valence-electron chi connectivity index (χ2n) is 6.14. The molecule has 0 fully saturated rings. The molecule has 0 radical (unpaired) electrons. The van der Waals surface area contributed by atoms with Crippen LogP contribution in [-0.4, -0.2) is 17.6 Å². The Labute approximate surface area is 183 Å². The number of anilines is 1. The Bertz CT molecular complexity index is 995. The average Bonchev–Trinajstić information content (AvgIpc) is 2.69. The maximum atomic E-state index is 12.1. The van der Waals surface area contributed by atoms with Gasteiger partial charge >= 0.3 is 0 Å². The van der Waals surface area contributed by atoms with Crippen LogP contribution in [0.4, 0.5) is 5.69 Å². The van der Waals surface area contributed by atoms with Gasteiger partial charge in [-0.3, -0.25) is 10.1 Å². The minimum atomic E-state index is -0.339. The standard InChI is InChI=1S/C22H19BrN2O3S/c1-15-13-16(23)7-12-20(15)27-14-21(26)25-22(29)24-17-8-10-19(11-9-17)28-18-5-3-2-4-6-18/h2-13H,14H2,1H3,(H2,24,25,26,29). The zero-order chi connectivity index (χ0) is 20.6. The fraction of sp³-hybridized carbons (Fsp3) is 0.0909. The minimum absolute atomic E-state index is 0.131. The van der Waals surface area contributed by atoms with Crippen LogP contribution < -0.4 is 20.1 Å². The molecule has 7 heteroatoms. The summed E-state index contributed by atoms with van der Waals surface area (Å²) >= 11 is 8.58. The van der Waals surface area contributed by atoms with Crippen molar-refractivity contribution in [2.45, 2.75) is 6.92 Å². The number of halogens is 1. The van der Waals surface area contributed by atoms with E-state index in [0.717, 1.165) is 21.5 Å². The van der Waals surface area contributed by atoms with E-state index in [9.17, 15) is 4.79 Å². The molecule has 0 aliphatic heterocycles. The van der Waals surface area contributed by atoms with Crippen molar-refractivity contribution >= 4 is 44.9 Å². The summed E-state index contributed by atoms with van der Waals surface area (Å²) in [6.45, 7) is 1.78. The number of thiocarbonyl (C=S) groups is 1. The molecule has 2 N–H and O–H groups in total. The molecule has 5 nitrogen and oxygen atoms in total. The summed E-state index contributed by atoms with van der Waals surface area (Å²) < 4.78 is 12.2. The third kappa shape index (κ3) is 6.58. The highest BCUT2D eigenvalue weighted by Gasteiger charge is 2.08. The van der Waals surface area contributed by atoms with Gasteiger partial charge in [0.05, 0.1) is 0 Å². The molecule has 1 amide bonds. The van der Waals surface area contributed by atoms with Gasteiger partial charge in [-0.15, -0.1) is 0 Å². The normalized spacial score (nSPS) is 10.1. The number of benzene rings is 3. The van der Waals surface area contributed by atoms with Crippen LogP contribution in [0.3, 0.4) is 0 Å². The molecule has 0 aromatic heterocycles. The third-order valence-electron chi connectivity index (χ3n) is 3.84. The van der Waals surface area contributed by atoms with Gasteiger partial charge in [-0.2, -0.15) is 0 Å². The molecule has 0 saturated carbocycles. The van der Waals surface area contributed by atoms with Crippen LogP contribution in [0.5, 0.6) is 17.2 Å². The predicted molar refractivity (Wildman–Crippen MR) is 122 cm³/mol. The molecule has 0 aliphatic rings. The summed E-state index contributed by atoms with van der Waals surface area (Å²) in [5, 5.41) is 5.76. The number of hydrogen-bond donors (Lipinski definition) is 2. The van der Waals surface area contributed by atoms with Gasteiger partial charge in [0.1, 0.15) is 17.2 Å². The van der Waals surface area contributed by atoms with Gasteiger partial charge in [0, 0.05) is 10.2 Å². The van der Waals surface area contributed by atoms with Crippen molar-refractivity contribution in [1.29, 1.82) is 0 Å². The van der Waals surface area contributed by atoms with Gasteiger partial charge in [-0.1, -0.05) is 34.1 Å². The van der Waals surface area contributed by atoms with Crippen molar-refractivity contribution in [3.63, 3.8) is 0 Å². The van der Waals surface area contributed by atoms with E-state index in [1.165, 1.54) is 0 Å². The van der Waals surface area contributed by atoms with Crippen LogP contribution in [0.2, 0.25) is 0 Å². The number of rotatable bonds is 6. The molecule has 0 unspecified atom stereocenters. The van der Waals surface area contributed by atoms with Crippen molar-refractivity contribution in [3.05, 3.63) is 82.8 Å². The lowest BCUT2D eigenvalue weighted by atomic mass is 10.2. The lowest BCUT2D eigenvalue weighted by Gasteiger charge is -2.12. The Morgan fingerprint density at radius 2 is 1.69 bits per heavy atom. The summed E-state index contributed by atoms with van der Waals surface area (Å²) in [6.07, 6.45) is 0. The van der Waals surface area contributed by atoms with Gasteiger partial charge < -0.3 is 14.8 Å². The van der Waals surface area contributed by atoms with Crippen LogP contribution in [0.25, 0.3) is 0 Å². The highest BCUT2D eigenvalue weighted by molar-refractivity contribution is 9.10. The highest BCUT2D eigenvalue weighted by atomic mass is 79.9. The second-order valence-corrected chi connectivity index (χ2v) is 7.46. The molecule has 3 rings (SSSR count). The molecule has 0 atom stereocenters. The van der Waals surface area contributed by atoms with Gasteiger partial charge in [-0.25, -0.2) is 0 Å².